The zero-order chi connectivity index (χ0) is 14.5. The van der Waals surface area contributed by atoms with Gasteiger partial charge in [-0.1, -0.05) is 42.5 Å². The lowest BCUT2D eigenvalue weighted by Gasteiger charge is -2.18. The van der Waals surface area contributed by atoms with Crippen molar-refractivity contribution in [3.8, 4) is 5.75 Å². The molecule has 0 bridgehead atoms. The van der Waals surface area contributed by atoms with Crippen LogP contribution in [-0.2, 0) is 0 Å². The van der Waals surface area contributed by atoms with E-state index in [2.05, 4.69) is 49.4 Å². The smallest absolute Gasteiger partial charge is 0.122 e. The Labute approximate surface area is 121 Å². The molecular weight excluding hydrogens is 246 g/mol. The minimum absolute atomic E-state index is 0.193. The van der Waals surface area contributed by atoms with E-state index in [4.69, 9.17) is 10.5 Å². The van der Waals surface area contributed by atoms with Crippen molar-refractivity contribution < 1.29 is 4.74 Å². The third-order valence-electron chi connectivity index (χ3n) is 3.40. The molecule has 1 atom stereocenters. The lowest BCUT2D eigenvalue weighted by Crippen LogP contribution is -2.14. The Balaban J connectivity index is 2.30. The highest BCUT2D eigenvalue weighted by Gasteiger charge is 2.13. The first-order valence-corrected chi connectivity index (χ1v) is 7.14. The molecule has 0 aromatic heterocycles. The molecule has 2 nitrogen and oxygen atoms in total. The van der Waals surface area contributed by atoms with E-state index in [1.807, 2.05) is 19.9 Å². The predicted octanol–water partition coefficient (Wildman–Crippen LogP) is 3.87. The van der Waals surface area contributed by atoms with Gasteiger partial charge >= 0.3 is 0 Å². The van der Waals surface area contributed by atoms with E-state index in [1.54, 1.807) is 0 Å². The summed E-state index contributed by atoms with van der Waals surface area (Å²) in [7, 11) is 0. The number of aryl methyl sites for hydroxylation is 1. The van der Waals surface area contributed by atoms with Crippen LogP contribution in [0.15, 0.2) is 48.5 Å². The van der Waals surface area contributed by atoms with Crippen molar-refractivity contribution in [2.45, 2.75) is 32.8 Å². The van der Waals surface area contributed by atoms with Crippen LogP contribution in [0.5, 0.6) is 5.75 Å². The maximum atomic E-state index is 5.97. The summed E-state index contributed by atoms with van der Waals surface area (Å²) in [5.41, 5.74) is 9.63. The second kappa shape index (κ2) is 6.58. The van der Waals surface area contributed by atoms with Gasteiger partial charge in [0.25, 0.3) is 0 Å². The van der Waals surface area contributed by atoms with E-state index >= 15 is 0 Å². The summed E-state index contributed by atoms with van der Waals surface area (Å²) in [6, 6.07) is 16.8. The first kappa shape index (κ1) is 14.6. The van der Waals surface area contributed by atoms with Crippen LogP contribution in [0.3, 0.4) is 0 Å². The van der Waals surface area contributed by atoms with Crippen LogP contribution in [0, 0.1) is 6.92 Å². The molecular formula is C18H23NO. The van der Waals surface area contributed by atoms with Crippen LogP contribution in [0.2, 0.25) is 0 Å². The van der Waals surface area contributed by atoms with E-state index in [1.165, 1.54) is 11.1 Å². The molecule has 2 aromatic carbocycles. The zero-order valence-corrected chi connectivity index (χ0v) is 12.5. The van der Waals surface area contributed by atoms with Crippen LogP contribution in [0.25, 0.3) is 0 Å². The molecule has 2 rings (SSSR count). The lowest BCUT2D eigenvalue weighted by molar-refractivity contribution is 0.240. The van der Waals surface area contributed by atoms with Crippen LogP contribution in [-0.4, -0.2) is 12.6 Å². The monoisotopic (exact) mass is 269 g/mol. The van der Waals surface area contributed by atoms with Gasteiger partial charge < -0.3 is 10.5 Å². The fourth-order valence-electron chi connectivity index (χ4n) is 2.43. The molecule has 2 heteroatoms. The average molecular weight is 269 g/mol. The highest BCUT2D eigenvalue weighted by Crippen LogP contribution is 2.28. The molecule has 20 heavy (non-hydrogen) atoms. The molecule has 0 spiro atoms. The summed E-state index contributed by atoms with van der Waals surface area (Å²) >= 11 is 0. The minimum Gasteiger partial charge on any atom is -0.491 e. The molecule has 0 radical (unpaired) electrons. The maximum Gasteiger partial charge on any atom is 0.122 e. The largest absolute Gasteiger partial charge is 0.491 e. The Hall–Kier alpha value is -1.80. The van der Waals surface area contributed by atoms with Gasteiger partial charge in [0.05, 0.1) is 6.10 Å². The van der Waals surface area contributed by atoms with E-state index < -0.39 is 0 Å². The molecule has 2 aromatic rings. The van der Waals surface area contributed by atoms with Crippen molar-refractivity contribution in [1.82, 2.24) is 0 Å². The second-order valence-corrected chi connectivity index (χ2v) is 5.39. The van der Waals surface area contributed by atoms with E-state index in [-0.39, 0.29) is 12.0 Å². The first-order chi connectivity index (χ1) is 9.61. The van der Waals surface area contributed by atoms with Gasteiger partial charge in [0, 0.05) is 12.5 Å². The zero-order valence-electron chi connectivity index (χ0n) is 12.5. The quantitative estimate of drug-likeness (QED) is 0.894. The highest BCUT2D eigenvalue weighted by molar-refractivity contribution is 5.41. The van der Waals surface area contributed by atoms with Crippen LogP contribution < -0.4 is 10.5 Å². The molecule has 0 heterocycles. The standard InChI is InChI=1S/C18H23NO/c1-13(2)20-18-10-9-16(11-14(18)3)17(12-19)15-7-5-4-6-8-15/h4-11,13,17H,12,19H2,1-3H3. The Morgan fingerprint density at radius 3 is 2.25 bits per heavy atom. The number of hydrogen-bond acceptors (Lipinski definition) is 2. The maximum absolute atomic E-state index is 5.97. The summed E-state index contributed by atoms with van der Waals surface area (Å²) < 4.78 is 5.79. The second-order valence-electron chi connectivity index (χ2n) is 5.39. The molecule has 0 amide bonds. The Bertz CT molecular complexity index is 549. The Morgan fingerprint density at radius 2 is 1.70 bits per heavy atom. The molecule has 0 aliphatic heterocycles. The lowest BCUT2D eigenvalue weighted by atomic mass is 9.90. The minimum atomic E-state index is 0.193. The Morgan fingerprint density at radius 1 is 1.00 bits per heavy atom. The third-order valence-corrected chi connectivity index (χ3v) is 3.40. The number of hydrogen-bond donors (Lipinski definition) is 1. The molecule has 0 saturated heterocycles. The van der Waals surface area contributed by atoms with Crippen LogP contribution >= 0.6 is 0 Å². The van der Waals surface area contributed by atoms with Crippen molar-refractivity contribution in [2.75, 3.05) is 6.54 Å². The fourth-order valence-corrected chi connectivity index (χ4v) is 2.43. The topological polar surface area (TPSA) is 35.2 Å². The van der Waals surface area contributed by atoms with Gasteiger partial charge in [-0.15, -0.1) is 0 Å². The normalized spacial score (nSPS) is 12.4. The van der Waals surface area contributed by atoms with E-state index in [9.17, 15) is 0 Å². The van der Waals surface area contributed by atoms with Crippen molar-refractivity contribution in [2.24, 2.45) is 5.73 Å². The van der Waals surface area contributed by atoms with E-state index in [0.717, 1.165) is 11.3 Å². The van der Waals surface area contributed by atoms with Crippen molar-refractivity contribution in [3.05, 3.63) is 65.2 Å². The van der Waals surface area contributed by atoms with Crippen LogP contribution in [0.4, 0.5) is 0 Å². The predicted molar refractivity (Wildman–Crippen MR) is 84.3 cm³/mol. The van der Waals surface area contributed by atoms with Gasteiger partial charge in [-0.25, -0.2) is 0 Å². The number of rotatable bonds is 5. The average Bonchev–Trinajstić information content (AvgIpc) is 2.43. The van der Waals surface area contributed by atoms with Gasteiger partial charge in [0.15, 0.2) is 0 Å². The number of nitrogens with two attached hydrogens (primary N) is 1. The SMILES string of the molecule is Cc1cc(C(CN)c2ccccc2)ccc1OC(C)C. The van der Waals surface area contributed by atoms with Crippen molar-refractivity contribution in [1.29, 1.82) is 0 Å². The molecule has 2 N–H and O–H groups in total. The highest BCUT2D eigenvalue weighted by atomic mass is 16.5. The fraction of sp³-hybridized carbons (Fsp3) is 0.333. The molecule has 1 unspecified atom stereocenters. The van der Waals surface area contributed by atoms with Gasteiger partial charge in [0.1, 0.15) is 5.75 Å². The number of benzene rings is 2. The molecule has 0 aliphatic rings. The summed E-state index contributed by atoms with van der Waals surface area (Å²) in [6.45, 7) is 6.77. The third kappa shape index (κ3) is 3.40. The van der Waals surface area contributed by atoms with Gasteiger partial charge in [0.2, 0.25) is 0 Å². The molecule has 0 aliphatic carbocycles. The van der Waals surface area contributed by atoms with E-state index in [0.29, 0.717) is 6.54 Å². The van der Waals surface area contributed by atoms with Crippen molar-refractivity contribution in [3.63, 3.8) is 0 Å². The van der Waals surface area contributed by atoms with Gasteiger partial charge in [-0.05, 0) is 43.5 Å². The first-order valence-electron chi connectivity index (χ1n) is 7.14. The molecule has 106 valence electrons. The van der Waals surface area contributed by atoms with Crippen molar-refractivity contribution >= 4 is 0 Å². The van der Waals surface area contributed by atoms with Gasteiger partial charge in [-0.3, -0.25) is 0 Å². The molecule has 0 fully saturated rings. The number of ether oxygens (including phenoxy) is 1. The summed E-state index contributed by atoms with van der Waals surface area (Å²) in [4.78, 5) is 0. The summed E-state index contributed by atoms with van der Waals surface area (Å²) in [5.74, 6) is 1.19. The summed E-state index contributed by atoms with van der Waals surface area (Å²) in [6.07, 6.45) is 0.193. The molecule has 0 saturated carbocycles. The van der Waals surface area contributed by atoms with Gasteiger partial charge in [-0.2, -0.15) is 0 Å². The summed E-state index contributed by atoms with van der Waals surface area (Å²) in [5, 5.41) is 0. The van der Waals surface area contributed by atoms with Crippen LogP contribution in [0.1, 0.15) is 36.5 Å². The Kier molecular flexibility index (Phi) is 4.80.